The molecule has 1 heterocycles. The number of fused-ring (bicyclic) bond motifs is 1. The molecule has 2 rings (SSSR count). The Hall–Kier alpha value is -1.35. The Morgan fingerprint density at radius 3 is 2.65 bits per heavy atom. The molecule has 0 atom stereocenters. The summed E-state index contributed by atoms with van der Waals surface area (Å²) < 4.78 is 0. The molecule has 0 spiro atoms. The molecule has 17 heavy (non-hydrogen) atoms. The lowest BCUT2D eigenvalue weighted by Gasteiger charge is -2.17. The molecule has 1 aliphatic rings. The molecule has 3 nitrogen and oxygen atoms in total. The lowest BCUT2D eigenvalue weighted by Crippen LogP contribution is -2.31. The number of anilines is 1. The highest BCUT2D eigenvalue weighted by molar-refractivity contribution is 6.52. The Bertz CT molecular complexity index is 482. The van der Waals surface area contributed by atoms with E-state index < -0.39 is 11.7 Å². The third kappa shape index (κ3) is 2.20. The van der Waals surface area contributed by atoms with E-state index in [1.807, 2.05) is 0 Å². The molecule has 1 aliphatic heterocycles. The van der Waals surface area contributed by atoms with Gasteiger partial charge in [0.1, 0.15) is 0 Å². The van der Waals surface area contributed by atoms with Gasteiger partial charge in [-0.2, -0.15) is 0 Å². The van der Waals surface area contributed by atoms with Crippen molar-refractivity contribution in [1.29, 1.82) is 0 Å². The van der Waals surface area contributed by atoms with Gasteiger partial charge in [0, 0.05) is 11.6 Å². The molecule has 0 bridgehead atoms. The smallest absolute Gasteiger partial charge is 0.299 e. The first-order valence-electron chi connectivity index (χ1n) is 5.66. The minimum atomic E-state index is -0.442. The number of benzene rings is 1. The Morgan fingerprint density at radius 2 is 2.00 bits per heavy atom. The van der Waals surface area contributed by atoms with Crippen molar-refractivity contribution in [2.24, 2.45) is 5.92 Å². The van der Waals surface area contributed by atoms with Crippen LogP contribution in [-0.4, -0.2) is 18.2 Å². The van der Waals surface area contributed by atoms with Crippen LogP contribution < -0.4 is 4.90 Å². The first-order valence-corrected chi connectivity index (χ1v) is 6.04. The van der Waals surface area contributed by atoms with Gasteiger partial charge in [0.25, 0.3) is 11.7 Å². The van der Waals surface area contributed by atoms with Crippen molar-refractivity contribution in [2.75, 3.05) is 11.4 Å². The summed E-state index contributed by atoms with van der Waals surface area (Å²) in [6.07, 6.45) is 0.866. The summed E-state index contributed by atoms with van der Waals surface area (Å²) in [5.41, 5.74) is 1.11. The normalized spacial score (nSPS) is 14.7. The van der Waals surface area contributed by atoms with Gasteiger partial charge in [-0.1, -0.05) is 25.4 Å². The monoisotopic (exact) mass is 251 g/mol. The van der Waals surface area contributed by atoms with Gasteiger partial charge in [-0.3, -0.25) is 9.59 Å². The SMILES string of the molecule is CC(C)CCN1C(=O)C(=O)c2ccc(Cl)cc21. The maximum absolute atomic E-state index is 11.8. The number of amides is 1. The number of hydrogen-bond donors (Lipinski definition) is 0. The van der Waals surface area contributed by atoms with Crippen molar-refractivity contribution in [3.8, 4) is 0 Å². The summed E-state index contributed by atoms with van der Waals surface area (Å²) in [6, 6.07) is 4.94. The summed E-state index contributed by atoms with van der Waals surface area (Å²) in [5.74, 6) is -0.385. The minimum absolute atomic E-state index is 0.430. The van der Waals surface area contributed by atoms with Gasteiger partial charge < -0.3 is 4.90 Å². The van der Waals surface area contributed by atoms with Gasteiger partial charge in [-0.25, -0.2) is 0 Å². The second kappa shape index (κ2) is 4.49. The molecule has 0 radical (unpaired) electrons. The van der Waals surface area contributed by atoms with Crippen LogP contribution in [0.2, 0.25) is 5.02 Å². The number of Topliss-reactive ketones (excluding diaryl/α,β-unsaturated/α-hetero) is 1. The summed E-state index contributed by atoms with van der Waals surface area (Å²) in [5, 5.41) is 0.542. The van der Waals surface area contributed by atoms with Crippen molar-refractivity contribution in [3.63, 3.8) is 0 Å². The maximum atomic E-state index is 11.8. The molecular formula is C13H14ClNO2. The minimum Gasteiger partial charge on any atom is -0.305 e. The van der Waals surface area contributed by atoms with E-state index in [1.165, 1.54) is 4.90 Å². The van der Waals surface area contributed by atoms with E-state index in [0.29, 0.717) is 28.7 Å². The van der Waals surface area contributed by atoms with Crippen LogP contribution >= 0.6 is 11.6 Å². The van der Waals surface area contributed by atoms with Gasteiger partial charge in [-0.05, 0) is 30.5 Å². The zero-order chi connectivity index (χ0) is 12.6. The zero-order valence-corrected chi connectivity index (χ0v) is 10.6. The van der Waals surface area contributed by atoms with Crippen LogP contribution in [0.25, 0.3) is 0 Å². The van der Waals surface area contributed by atoms with Crippen LogP contribution in [-0.2, 0) is 4.79 Å². The van der Waals surface area contributed by atoms with Crippen LogP contribution in [0.5, 0.6) is 0 Å². The molecule has 1 aromatic carbocycles. The fourth-order valence-corrected chi connectivity index (χ4v) is 2.04. The average Bonchev–Trinajstić information content (AvgIpc) is 2.49. The van der Waals surface area contributed by atoms with E-state index in [0.717, 1.165) is 6.42 Å². The molecule has 0 aromatic heterocycles. The lowest BCUT2D eigenvalue weighted by molar-refractivity contribution is -0.114. The predicted molar refractivity (Wildman–Crippen MR) is 67.6 cm³/mol. The molecule has 4 heteroatoms. The van der Waals surface area contributed by atoms with Crippen molar-refractivity contribution < 1.29 is 9.59 Å². The highest BCUT2D eigenvalue weighted by atomic mass is 35.5. The van der Waals surface area contributed by atoms with Gasteiger partial charge in [0.15, 0.2) is 0 Å². The van der Waals surface area contributed by atoms with E-state index >= 15 is 0 Å². The number of rotatable bonds is 3. The topological polar surface area (TPSA) is 37.4 Å². The molecule has 0 saturated carbocycles. The number of ketones is 1. The summed E-state index contributed by atoms with van der Waals surface area (Å²) in [6.45, 7) is 4.73. The van der Waals surface area contributed by atoms with Crippen LogP contribution in [0.4, 0.5) is 5.69 Å². The Balaban J connectivity index is 2.33. The van der Waals surface area contributed by atoms with Crippen LogP contribution in [0.1, 0.15) is 30.6 Å². The summed E-state index contributed by atoms with van der Waals surface area (Å²) >= 11 is 5.90. The van der Waals surface area contributed by atoms with Crippen molar-refractivity contribution >= 4 is 29.0 Å². The van der Waals surface area contributed by atoms with Crippen LogP contribution in [0, 0.1) is 5.92 Å². The molecule has 1 aromatic rings. The molecule has 0 aliphatic carbocycles. The number of carbonyl (C=O) groups is 2. The fourth-order valence-electron chi connectivity index (χ4n) is 1.88. The molecule has 90 valence electrons. The molecule has 0 saturated heterocycles. The second-order valence-corrected chi connectivity index (χ2v) is 5.07. The zero-order valence-electron chi connectivity index (χ0n) is 9.87. The lowest BCUT2D eigenvalue weighted by atomic mass is 10.1. The van der Waals surface area contributed by atoms with Gasteiger partial charge >= 0.3 is 0 Å². The third-order valence-electron chi connectivity index (χ3n) is 2.86. The molecular weight excluding hydrogens is 238 g/mol. The highest BCUT2D eigenvalue weighted by Crippen LogP contribution is 2.31. The number of halogens is 1. The summed E-state index contributed by atoms with van der Waals surface area (Å²) in [7, 11) is 0. The second-order valence-electron chi connectivity index (χ2n) is 4.63. The van der Waals surface area contributed by atoms with Gasteiger partial charge in [0.05, 0.1) is 11.3 Å². The Morgan fingerprint density at radius 1 is 1.29 bits per heavy atom. The Labute approximate surface area is 105 Å². The van der Waals surface area contributed by atoms with E-state index in [2.05, 4.69) is 13.8 Å². The summed E-state index contributed by atoms with van der Waals surface area (Å²) in [4.78, 5) is 25.1. The maximum Gasteiger partial charge on any atom is 0.299 e. The third-order valence-corrected chi connectivity index (χ3v) is 3.10. The average molecular weight is 252 g/mol. The quantitative estimate of drug-likeness (QED) is 0.775. The molecule has 1 amide bonds. The standard InChI is InChI=1S/C13H14ClNO2/c1-8(2)5-6-15-11-7-9(14)3-4-10(11)12(16)13(15)17/h3-4,7-8H,5-6H2,1-2H3. The van der Waals surface area contributed by atoms with E-state index in [9.17, 15) is 9.59 Å². The van der Waals surface area contributed by atoms with E-state index in [1.54, 1.807) is 18.2 Å². The van der Waals surface area contributed by atoms with Crippen molar-refractivity contribution in [1.82, 2.24) is 0 Å². The van der Waals surface area contributed by atoms with Crippen molar-refractivity contribution in [2.45, 2.75) is 20.3 Å². The fraction of sp³-hybridized carbons (Fsp3) is 0.385. The van der Waals surface area contributed by atoms with Crippen LogP contribution in [0.3, 0.4) is 0 Å². The molecule has 0 N–H and O–H groups in total. The van der Waals surface area contributed by atoms with Gasteiger partial charge in [0.2, 0.25) is 0 Å². The number of nitrogens with zero attached hydrogens (tertiary/aromatic N) is 1. The number of carbonyl (C=O) groups excluding carboxylic acids is 2. The molecule has 0 fully saturated rings. The predicted octanol–water partition coefficient (Wildman–Crippen LogP) is 2.92. The van der Waals surface area contributed by atoms with Gasteiger partial charge in [-0.15, -0.1) is 0 Å². The highest BCUT2D eigenvalue weighted by Gasteiger charge is 2.35. The van der Waals surface area contributed by atoms with Crippen molar-refractivity contribution in [3.05, 3.63) is 28.8 Å². The first-order chi connectivity index (χ1) is 8.00. The largest absolute Gasteiger partial charge is 0.305 e. The van der Waals surface area contributed by atoms with E-state index in [-0.39, 0.29) is 0 Å². The number of hydrogen-bond acceptors (Lipinski definition) is 2. The molecule has 0 unspecified atom stereocenters. The van der Waals surface area contributed by atoms with E-state index in [4.69, 9.17) is 11.6 Å². The van der Waals surface area contributed by atoms with Crippen LogP contribution in [0.15, 0.2) is 18.2 Å². The first kappa shape index (κ1) is 12.1. The Kier molecular flexibility index (Phi) is 3.20.